The molecule has 2 aromatic rings. The smallest absolute Gasteiger partial charge is 0.0334 e. The Bertz CT molecular complexity index is 685. The van der Waals surface area contributed by atoms with Crippen LogP contribution in [0.4, 0.5) is 0 Å². The molecule has 4 rings (SSSR count). The van der Waals surface area contributed by atoms with Gasteiger partial charge in [-0.25, -0.2) is 0 Å². The van der Waals surface area contributed by atoms with Crippen molar-refractivity contribution in [1.82, 2.24) is 15.8 Å². The second kappa shape index (κ2) is 7.69. The minimum absolute atomic E-state index is 0.528. The third-order valence-corrected chi connectivity index (χ3v) is 5.79. The second-order valence-electron chi connectivity index (χ2n) is 7.69. The molecule has 0 bridgehead atoms. The van der Waals surface area contributed by atoms with E-state index in [2.05, 4.69) is 77.3 Å². The molecule has 2 aromatic carbocycles. The molecule has 0 aliphatic carbocycles. The number of hydrogen-bond acceptors (Lipinski definition) is 3. The first-order chi connectivity index (χ1) is 12.3. The maximum absolute atomic E-state index is 3.60. The number of hydrogen-bond donors (Lipinski definition) is 2. The van der Waals surface area contributed by atoms with Crippen molar-refractivity contribution in [3.05, 3.63) is 71.3 Å². The molecule has 0 amide bonds. The van der Waals surface area contributed by atoms with Gasteiger partial charge in [-0.3, -0.25) is 15.8 Å². The van der Waals surface area contributed by atoms with Gasteiger partial charge in [-0.05, 0) is 43.4 Å². The minimum atomic E-state index is 0.528. The van der Waals surface area contributed by atoms with E-state index in [0.717, 1.165) is 13.1 Å². The molecule has 3 nitrogen and oxygen atoms in total. The number of aryl methyl sites for hydroxylation is 1. The van der Waals surface area contributed by atoms with Crippen LogP contribution in [-0.4, -0.2) is 30.6 Å². The lowest BCUT2D eigenvalue weighted by Crippen LogP contribution is -2.46. The summed E-state index contributed by atoms with van der Waals surface area (Å²) >= 11 is 0. The summed E-state index contributed by atoms with van der Waals surface area (Å²) in [6.45, 7) is 6.71. The molecule has 2 fully saturated rings. The molecule has 2 saturated heterocycles. The summed E-state index contributed by atoms with van der Waals surface area (Å²) in [4.78, 5) is 2.64. The molecule has 25 heavy (non-hydrogen) atoms. The largest absolute Gasteiger partial charge is 0.299 e. The van der Waals surface area contributed by atoms with E-state index < -0.39 is 0 Å². The molecule has 2 N–H and O–H groups in total. The first kappa shape index (κ1) is 16.8. The van der Waals surface area contributed by atoms with Gasteiger partial charge in [0, 0.05) is 31.6 Å². The summed E-state index contributed by atoms with van der Waals surface area (Å²) in [6.07, 6.45) is 2.63. The Labute approximate surface area is 151 Å². The Morgan fingerprint density at radius 3 is 2.80 bits per heavy atom. The van der Waals surface area contributed by atoms with Crippen molar-refractivity contribution in [2.24, 2.45) is 5.92 Å². The predicted molar refractivity (Wildman–Crippen MR) is 103 cm³/mol. The van der Waals surface area contributed by atoms with E-state index >= 15 is 0 Å². The molecule has 3 heteroatoms. The Morgan fingerprint density at radius 2 is 1.96 bits per heavy atom. The molecule has 3 atom stereocenters. The lowest BCUT2D eigenvalue weighted by molar-refractivity contribution is 0.139. The summed E-state index contributed by atoms with van der Waals surface area (Å²) in [6, 6.07) is 20.5. The van der Waals surface area contributed by atoms with Gasteiger partial charge in [-0.2, -0.15) is 0 Å². The average molecular weight is 335 g/mol. The Morgan fingerprint density at radius 1 is 1.08 bits per heavy atom. The second-order valence-corrected chi connectivity index (χ2v) is 7.69. The van der Waals surface area contributed by atoms with Crippen LogP contribution in [0.3, 0.4) is 0 Å². The molecule has 0 saturated carbocycles. The fraction of sp³-hybridized carbons (Fsp3) is 0.455. The average Bonchev–Trinajstić information content (AvgIpc) is 3.13. The number of likely N-dealkylation sites (tertiary alicyclic amines) is 1. The van der Waals surface area contributed by atoms with Crippen molar-refractivity contribution in [3.63, 3.8) is 0 Å². The van der Waals surface area contributed by atoms with Crippen LogP contribution < -0.4 is 10.9 Å². The van der Waals surface area contributed by atoms with E-state index in [-0.39, 0.29) is 0 Å². The van der Waals surface area contributed by atoms with E-state index in [1.165, 1.54) is 42.6 Å². The quantitative estimate of drug-likeness (QED) is 0.896. The Kier molecular flexibility index (Phi) is 5.16. The van der Waals surface area contributed by atoms with Gasteiger partial charge in [0.1, 0.15) is 0 Å². The third-order valence-electron chi connectivity index (χ3n) is 5.79. The molecular formula is C22H29N3. The number of nitrogens with zero attached hydrogens (tertiary/aromatic N) is 1. The molecule has 0 radical (unpaired) electrons. The van der Waals surface area contributed by atoms with Crippen molar-refractivity contribution in [3.8, 4) is 0 Å². The molecule has 3 unspecified atom stereocenters. The zero-order valence-corrected chi connectivity index (χ0v) is 15.1. The van der Waals surface area contributed by atoms with Crippen molar-refractivity contribution >= 4 is 0 Å². The molecule has 132 valence electrons. The van der Waals surface area contributed by atoms with Gasteiger partial charge in [-0.15, -0.1) is 0 Å². The lowest BCUT2D eigenvalue weighted by Gasteiger charge is -2.37. The monoisotopic (exact) mass is 335 g/mol. The fourth-order valence-corrected chi connectivity index (χ4v) is 4.56. The topological polar surface area (TPSA) is 27.3 Å². The third kappa shape index (κ3) is 3.95. The summed E-state index contributed by atoms with van der Waals surface area (Å²) in [7, 11) is 0. The highest BCUT2D eigenvalue weighted by Gasteiger charge is 2.36. The highest BCUT2D eigenvalue weighted by molar-refractivity contribution is 5.28. The minimum Gasteiger partial charge on any atom is -0.299 e. The van der Waals surface area contributed by atoms with Gasteiger partial charge < -0.3 is 0 Å². The first-order valence-electron chi connectivity index (χ1n) is 9.61. The van der Waals surface area contributed by atoms with Gasteiger partial charge in [0.05, 0.1) is 0 Å². The summed E-state index contributed by atoms with van der Waals surface area (Å²) in [5, 5.41) is 0. The van der Waals surface area contributed by atoms with Crippen LogP contribution in [0.15, 0.2) is 54.6 Å². The summed E-state index contributed by atoms with van der Waals surface area (Å²) in [5.74, 6) is 1.28. The number of rotatable bonds is 4. The van der Waals surface area contributed by atoms with Gasteiger partial charge >= 0.3 is 0 Å². The van der Waals surface area contributed by atoms with Gasteiger partial charge in [-0.1, -0.05) is 60.2 Å². The zero-order chi connectivity index (χ0) is 17.1. The normalized spacial score (nSPS) is 27.5. The van der Waals surface area contributed by atoms with Gasteiger partial charge in [0.25, 0.3) is 0 Å². The maximum atomic E-state index is 3.60. The predicted octanol–water partition coefficient (Wildman–Crippen LogP) is 3.47. The zero-order valence-electron chi connectivity index (χ0n) is 15.1. The highest BCUT2D eigenvalue weighted by atomic mass is 15.4. The standard InChI is InChI=1S/C22H29N3/c1-17-7-5-10-19(13-17)21-14-23-24-22(21)20-11-6-12-25(16-20)15-18-8-3-2-4-9-18/h2-5,7-10,13,20-24H,6,11-12,14-16H2,1H3. The van der Waals surface area contributed by atoms with Gasteiger partial charge in [0.2, 0.25) is 0 Å². The SMILES string of the molecule is Cc1cccc(C2CNNC2C2CCCN(Cc3ccccc3)C2)c1. The van der Waals surface area contributed by atoms with Crippen LogP contribution in [0.1, 0.15) is 35.4 Å². The van der Waals surface area contributed by atoms with Crippen molar-refractivity contribution in [1.29, 1.82) is 0 Å². The number of nitrogens with one attached hydrogen (secondary N) is 2. The lowest BCUT2D eigenvalue weighted by atomic mass is 9.81. The van der Waals surface area contributed by atoms with Crippen LogP contribution in [0.2, 0.25) is 0 Å². The van der Waals surface area contributed by atoms with E-state index in [1.54, 1.807) is 0 Å². The summed E-state index contributed by atoms with van der Waals surface area (Å²) < 4.78 is 0. The molecular weight excluding hydrogens is 306 g/mol. The highest BCUT2D eigenvalue weighted by Crippen LogP contribution is 2.32. The van der Waals surface area contributed by atoms with Crippen LogP contribution in [-0.2, 0) is 6.54 Å². The van der Waals surface area contributed by atoms with Crippen LogP contribution >= 0.6 is 0 Å². The maximum Gasteiger partial charge on any atom is 0.0334 e. The fourth-order valence-electron chi connectivity index (χ4n) is 4.56. The van der Waals surface area contributed by atoms with E-state index in [9.17, 15) is 0 Å². The van der Waals surface area contributed by atoms with Crippen molar-refractivity contribution in [2.45, 2.75) is 38.3 Å². The van der Waals surface area contributed by atoms with E-state index in [1.807, 2.05) is 0 Å². The molecule has 0 spiro atoms. The van der Waals surface area contributed by atoms with E-state index in [4.69, 9.17) is 0 Å². The molecule has 2 aliphatic heterocycles. The van der Waals surface area contributed by atoms with Crippen molar-refractivity contribution < 1.29 is 0 Å². The summed E-state index contributed by atoms with van der Waals surface area (Å²) in [5.41, 5.74) is 11.3. The Balaban J connectivity index is 1.45. The first-order valence-corrected chi connectivity index (χ1v) is 9.61. The molecule has 2 heterocycles. The van der Waals surface area contributed by atoms with E-state index in [0.29, 0.717) is 17.9 Å². The number of piperidine rings is 1. The van der Waals surface area contributed by atoms with Crippen LogP contribution in [0.5, 0.6) is 0 Å². The Hall–Kier alpha value is -1.68. The number of benzene rings is 2. The van der Waals surface area contributed by atoms with Crippen LogP contribution in [0.25, 0.3) is 0 Å². The number of hydrazine groups is 1. The van der Waals surface area contributed by atoms with Crippen LogP contribution in [0, 0.1) is 12.8 Å². The molecule has 0 aromatic heterocycles. The van der Waals surface area contributed by atoms with Gasteiger partial charge in [0.15, 0.2) is 0 Å². The van der Waals surface area contributed by atoms with Crippen molar-refractivity contribution in [2.75, 3.05) is 19.6 Å². The molecule has 2 aliphatic rings.